The average molecular weight is 269 g/mol. The van der Waals surface area contributed by atoms with E-state index in [0.717, 1.165) is 0 Å². The number of nitrogens with two attached hydrogens (primary N) is 1. The quantitative estimate of drug-likeness (QED) is 0.724. The SMILES string of the molecule is NC1(C2(O)CCS(=O)(=O)C2)CCC(F)(F)CC1. The van der Waals surface area contributed by atoms with Crippen molar-refractivity contribution in [1.82, 2.24) is 0 Å². The predicted octanol–water partition coefficient (Wildman–Crippen LogP) is 0.443. The van der Waals surface area contributed by atoms with E-state index < -0.39 is 32.7 Å². The summed E-state index contributed by atoms with van der Waals surface area (Å²) >= 11 is 0. The van der Waals surface area contributed by atoms with Gasteiger partial charge in [0.05, 0.1) is 17.1 Å². The zero-order chi connectivity index (χ0) is 12.9. The molecule has 2 aliphatic rings. The van der Waals surface area contributed by atoms with Crippen LogP contribution in [0, 0.1) is 0 Å². The van der Waals surface area contributed by atoms with E-state index in [4.69, 9.17) is 5.73 Å². The number of halogens is 2. The Balaban J connectivity index is 2.18. The van der Waals surface area contributed by atoms with Gasteiger partial charge in [0.15, 0.2) is 9.84 Å². The topological polar surface area (TPSA) is 80.4 Å². The van der Waals surface area contributed by atoms with Crippen molar-refractivity contribution in [3.63, 3.8) is 0 Å². The third kappa shape index (κ3) is 2.32. The lowest BCUT2D eigenvalue weighted by Crippen LogP contribution is -2.63. The Morgan fingerprint density at radius 3 is 2.00 bits per heavy atom. The summed E-state index contributed by atoms with van der Waals surface area (Å²) in [5, 5.41) is 10.3. The number of alkyl halides is 2. The first-order valence-electron chi connectivity index (χ1n) is 5.67. The van der Waals surface area contributed by atoms with Gasteiger partial charge in [0.25, 0.3) is 0 Å². The molecule has 0 amide bonds. The first kappa shape index (κ1) is 13.2. The van der Waals surface area contributed by atoms with Crippen LogP contribution in [-0.4, -0.2) is 42.1 Å². The molecule has 4 nitrogen and oxygen atoms in total. The van der Waals surface area contributed by atoms with Gasteiger partial charge in [0.1, 0.15) is 0 Å². The first-order chi connectivity index (χ1) is 7.58. The molecule has 7 heteroatoms. The van der Waals surface area contributed by atoms with Crippen molar-refractivity contribution in [2.24, 2.45) is 5.73 Å². The molecular weight excluding hydrogens is 252 g/mol. The maximum atomic E-state index is 13.1. The number of hydrogen-bond acceptors (Lipinski definition) is 4. The lowest BCUT2D eigenvalue weighted by molar-refractivity contribution is -0.0970. The molecule has 1 saturated heterocycles. The van der Waals surface area contributed by atoms with Crippen LogP contribution in [0.3, 0.4) is 0 Å². The molecule has 0 bridgehead atoms. The Morgan fingerprint density at radius 2 is 1.59 bits per heavy atom. The first-order valence-corrected chi connectivity index (χ1v) is 7.49. The van der Waals surface area contributed by atoms with E-state index in [-0.39, 0.29) is 37.9 Å². The second-order valence-corrected chi connectivity index (χ2v) is 7.57. The van der Waals surface area contributed by atoms with E-state index in [1.807, 2.05) is 0 Å². The Kier molecular flexibility index (Phi) is 2.80. The molecule has 0 aromatic carbocycles. The summed E-state index contributed by atoms with van der Waals surface area (Å²) in [4.78, 5) is 0. The fraction of sp³-hybridized carbons (Fsp3) is 1.00. The Morgan fingerprint density at radius 1 is 1.06 bits per heavy atom. The molecule has 0 aromatic heterocycles. The Bertz CT molecular complexity index is 413. The predicted molar refractivity (Wildman–Crippen MR) is 58.6 cm³/mol. The summed E-state index contributed by atoms with van der Waals surface area (Å²) in [7, 11) is -3.29. The van der Waals surface area contributed by atoms with E-state index in [0.29, 0.717) is 0 Å². The van der Waals surface area contributed by atoms with E-state index in [2.05, 4.69) is 0 Å². The maximum Gasteiger partial charge on any atom is 0.248 e. The van der Waals surface area contributed by atoms with Crippen LogP contribution in [0.15, 0.2) is 0 Å². The zero-order valence-corrected chi connectivity index (χ0v) is 10.3. The standard InChI is InChI=1S/C10H17F2NO3S/c11-10(12)3-1-8(13,2-4-10)9(14)5-6-17(15,16)7-9/h14H,1-7,13H2. The normalized spacial score (nSPS) is 39.1. The summed E-state index contributed by atoms with van der Waals surface area (Å²) in [6.45, 7) is 0. The summed E-state index contributed by atoms with van der Waals surface area (Å²) < 4.78 is 48.9. The lowest BCUT2D eigenvalue weighted by atomic mass is 9.69. The molecule has 1 unspecified atom stereocenters. The van der Waals surface area contributed by atoms with Crippen molar-refractivity contribution in [2.75, 3.05) is 11.5 Å². The molecule has 3 N–H and O–H groups in total. The second kappa shape index (κ2) is 3.61. The molecule has 2 fully saturated rings. The maximum absolute atomic E-state index is 13.1. The molecule has 0 radical (unpaired) electrons. The minimum atomic E-state index is -3.29. The molecule has 1 atom stereocenters. The minimum Gasteiger partial charge on any atom is -0.387 e. The molecule has 1 aliphatic heterocycles. The van der Waals surface area contributed by atoms with Crippen LogP contribution in [0.5, 0.6) is 0 Å². The van der Waals surface area contributed by atoms with Crippen molar-refractivity contribution in [2.45, 2.75) is 49.2 Å². The van der Waals surface area contributed by atoms with Crippen LogP contribution in [0.4, 0.5) is 8.78 Å². The van der Waals surface area contributed by atoms with Crippen molar-refractivity contribution in [1.29, 1.82) is 0 Å². The van der Waals surface area contributed by atoms with Gasteiger partial charge < -0.3 is 10.8 Å². The molecule has 1 heterocycles. The third-order valence-electron chi connectivity index (χ3n) is 4.09. The molecule has 100 valence electrons. The van der Waals surface area contributed by atoms with Crippen molar-refractivity contribution in [3.05, 3.63) is 0 Å². The van der Waals surface area contributed by atoms with Crippen molar-refractivity contribution >= 4 is 9.84 Å². The summed E-state index contributed by atoms with van der Waals surface area (Å²) in [6, 6.07) is 0. The zero-order valence-electron chi connectivity index (χ0n) is 9.45. The lowest BCUT2D eigenvalue weighted by Gasteiger charge is -2.46. The largest absolute Gasteiger partial charge is 0.387 e. The number of aliphatic hydroxyl groups is 1. The smallest absolute Gasteiger partial charge is 0.248 e. The van der Waals surface area contributed by atoms with Crippen molar-refractivity contribution < 1.29 is 22.3 Å². The van der Waals surface area contributed by atoms with Gasteiger partial charge in [0.2, 0.25) is 5.92 Å². The molecule has 17 heavy (non-hydrogen) atoms. The fourth-order valence-electron chi connectivity index (χ4n) is 2.75. The van der Waals surface area contributed by atoms with Gasteiger partial charge in [-0.3, -0.25) is 0 Å². The highest BCUT2D eigenvalue weighted by Crippen LogP contribution is 2.45. The van der Waals surface area contributed by atoms with Gasteiger partial charge in [-0.25, -0.2) is 17.2 Å². The van der Waals surface area contributed by atoms with E-state index in [9.17, 15) is 22.3 Å². The van der Waals surface area contributed by atoms with Gasteiger partial charge in [-0.05, 0) is 19.3 Å². The molecular formula is C10H17F2NO3S. The fourth-order valence-corrected chi connectivity index (χ4v) is 4.70. The number of rotatable bonds is 1. The molecule has 1 aliphatic carbocycles. The highest BCUT2D eigenvalue weighted by molar-refractivity contribution is 7.91. The second-order valence-electron chi connectivity index (χ2n) is 5.39. The molecule has 0 spiro atoms. The molecule has 1 saturated carbocycles. The molecule has 2 rings (SSSR count). The summed E-state index contributed by atoms with van der Waals surface area (Å²) in [5.41, 5.74) is 3.26. The van der Waals surface area contributed by atoms with Crippen LogP contribution in [0.2, 0.25) is 0 Å². The van der Waals surface area contributed by atoms with E-state index >= 15 is 0 Å². The average Bonchev–Trinajstić information content (AvgIpc) is 2.48. The number of hydrogen-bond donors (Lipinski definition) is 2. The van der Waals surface area contributed by atoms with Crippen LogP contribution < -0.4 is 5.73 Å². The van der Waals surface area contributed by atoms with Crippen LogP contribution in [0.1, 0.15) is 32.1 Å². The highest BCUT2D eigenvalue weighted by Gasteiger charge is 2.56. The minimum absolute atomic E-state index is 0.0357. The van der Waals surface area contributed by atoms with Gasteiger partial charge in [-0.1, -0.05) is 0 Å². The van der Waals surface area contributed by atoms with Crippen LogP contribution in [-0.2, 0) is 9.84 Å². The molecule has 0 aromatic rings. The number of sulfone groups is 1. The van der Waals surface area contributed by atoms with Gasteiger partial charge in [-0.2, -0.15) is 0 Å². The van der Waals surface area contributed by atoms with Crippen LogP contribution in [0.25, 0.3) is 0 Å². The summed E-state index contributed by atoms with van der Waals surface area (Å²) in [6.07, 6.45) is -0.785. The Labute approximate surface area is 99.1 Å². The monoisotopic (exact) mass is 269 g/mol. The van der Waals surface area contributed by atoms with Gasteiger partial charge >= 0.3 is 0 Å². The summed E-state index contributed by atoms with van der Waals surface area (Å²) in [5.74, 6) is -3.25. The van der Waals surface area contributed by atoms with Crippen LogP contribution >= 0.6 is 0 Å². The van der Waals surface area contributed by atoms with E-state index in [1.54, 1.807) is 0 Å². The highest BCUT2D eigenvalue weighted by atomic mass is 32.2. The van der Waals surface area contributed by atoms with Gasteiger partial charge in [-0.15, -0.1) is 0 Å². The van der Waals surface area contributed by atoms with Gasteiger partial charge in [0, 0.05) is 18.4 Å². The van der Waals surface area contributed by atoms with Crippen molar-refractivity contribution in [3.8, 4) is 0 Å². The Hall–Kier alpha value is -0.270. The third-order valence-corrected chi connectivity index (χ3v) is 5.83. The van der Waals surface area contributed by atoms with E-state index in [1.165, 1.54) is 0 Å².